The standard InChI is InChI=1S/C18H22ClN3O2S/c1-4-24-18(23)15-16(22-9-7-21(2)8-10-22)13-11-12(19)5-6-14(13)20-17(15)25-3/h5-6,11H,4,7-10H2,1-3H3. The monoisotopic (exact) mass is 379 g/mol. The van der Waals surface area contributed by atoms with Crippen molar-refractivity contribution in [2.75, 3.05) is 51.0 Å². The molecule has 0 saturated carbocycles. The normalized spacial score (nSPS) is 15.6. The van der Waals surface area contributed by atoms with Crippen molar-refractivity contribution in [1.29, 1.82) is 0 Å². The summed E-state index contributed by atoms with van der Waals surface area (Å²) >= 11 is 7.71. The highest BCUT2D eigenvalue weighted by atomic mass is 35.5. The Balaban J connectivity index is 2.25. The molecule has 7 heteroatoms. The number of rotatable bonds is 4. The zero-order valence-corrected chi connectivity index (χ0v) is 16.3. The van der Waals surface area contributed by atoms with Crippen LogP contribution in [0.15, 0.2) is 23.2 Å². The minimum absolute atomic E-state index is 0.324. The molecule has 1 aliphatic heterocycles. The first-order chi connectivity index (χ1) is 12.0. The highest BCUT2D eigenvalue weighted by Crippen LogP contribution is 2.37. The predicted octanol–water partition coefficient (Wildman–Crippen LogP) is 3.54. The summed E-state index contributed by atoms with van der Waals surface area (Å²) in [5.41, 5.74) is 2.28. The van der Waals surface area contributed by atoms with Crippen molar-refractivity contribution in [2.24, 2.45) is 0 Å². The van der Waals surface area contributed by atoms with Gasteiger partial charge in [0.05, 0.1) is 17.8 Å². The van der Waals surface area contributed by atoms with Crippen LogP contribution in [-0.4, -0.2) is 61.9 Å². The van der Waals surface area contributed by atoms with Gasteiger partial charge in [-0.2, -0.15) is 0 Å². The van der Waals surface area contributed by atoms with Gasteiger partial charge < -0.3 is 14.5 Å². The number of anilines is 1. The van der Waals surface area contributed by atoms with Crippen molar-refractivity contribution in [3.8, 4) is 0 Å². The molecule has 0 aliphatic carbocycles. The van der Waals surface area contributed by atoms with Crippen LogP contribution in [0.2, 0.25) is 5.02 Å². The van der Waals surface area contributed by atoms with Crippen LogP contribution in [0.25, 0.3) is 10.9 Å². The van der Waals surface area contributed by atoms with Gasteiger partial charge in [0.1, 0.15) is 10.6 Å². The van der Waals surface area contributed by atoms with Gasteiger partial charge in [-0.15, -0.1) is 11.8 Å². The number of hydrogen-bond donors (Lipinski definition) is 0. The van der Waals surface area contributed by atoms with Gasteiger partial charge in [0.25, 0.3) is 0 Å². The van der Waals surface area contributed by atoms with E-state index in [9.17, 15) is 4.79 Å². The maximum atomic E-state index is 12.7. The Bertz CT molecular complexity index is 791. The van der Waals surface area contributed by atoms with Crippen LogP contribution in [-0.2, 0) is 4.74 Å². The van der Waals surface area contributed by atoms with Gasteiger partial charge in [-0.05, 0) is 38.4 Å². The van der Waals surface area contributed by atoms with Crippen LogP contribution < -0.4 is 4.90 Å². The third kappa shape index (κ3) is 3.71. The van der Waals surface area contributed by atoms with E-state index in [1.54, 1.807) is 0 Å². The Morgan fingerprint density at radius 1 is 1.32 bits per heavy atom. The van der Waals surface area contributed by atoms with Gasteiger partial charge in [-0.3, -0.25) is 0 Å². The lowest BCUT2D eigenvalue weighted by molar-refractivity contribution is 0.0522. The zero-order chi connectivity index (χ0) is 18.0. The molecule has 0 radical (unpaired) electrons. The molecule has 1 saturated heterocycles. The van der Waals surface area contributed by atoms with Crippen molar-refractivity contribution >= 4 is 45.9 Å². The molecule has 0 unspecified atom stereocenters. The first-order valence-electron chi connectivity index (χ1n) is 8.33. The van der Waals surface area contributed by atoms with E-state index in [0.29, 0.717) is 22.2 Å². The van der Waals surface area contributed by atoms with E-state index in [-0.39, 0.29) is 5.97 Å². The molecule has 2 aromatic rings. The lowest BCUT2D eigenvalue weighted by Crippen LogP contribution is -2.45. The van der Waals surface area contributed by atoms with Gasteiger partial charge >= 0.3 is 5.97 Å². The molecule has 0 amide bonds. The van der Waals surface area contributed by atoms with Gasteiger partial charge in [0, 0.05) is 36.6 Å². The predicted molar refractivity (Wildman–Crippen MR) is 104 cm³/mol. The summed E-state index contributed by atoms with van der Waals surface area (Å²) in [5, 5.41) is 2.23. The molecule has 25 heavy (non-hydrogen) atoms. The molecule has 0 spiro atoms. The van der Waals surface area contributed by atoms with E-state index in [0.717, 1.165) is 42.8 Å². The van der Waals surface area contributed by atoms with E-state index in [1.165, 1.54) is 11.8 Å². The van der Waals surface area contributed by atoms with Crippen LogP contribution in [0.4, 0.5) is 5.69 Å². The van der Waals surface area contributed by atoms with Crippen molar-refractivity contribution in [2.45, 2.75) is 11.9 Å². The van der Waals surface area contributed by atoms with Crippen molar-refractivity contribution in [1.82, 2.24) is 9.88 Å². The number of piperazine rings is 1. The molecule has 0 N–H and O–H groups in total. The molecule has 1 aliphatic rings. The van der Waals surface area contributed by atoms with E-state index in [2.05, 4.69) is 21.8 Å². The fourth-order valence-electron chi connectivity index (χ4n) is 3.09. The third-order valence-corrected chi connectivity index (χ3v) is 5.30. The minimum atomic E-state index is -0.324. The first-order valence-corrected chi connectivity index (χ1v) is 9.93. The average Bonchev–Trinajstić information content (AvgIpc) is 2.61. The lowest BCUT2D eigenvalue weighted by Gasteiger charge is -2.35. The molecule has 3 rings (SSSR count). The Kier molecular flexibility index (Phi) is 5.71. The second-order valence-corrected chi connectivity index (χ2v) is 7.25. The van der Waals surface area contributed by atoms with Crippen LogP contribution in [0.1, 0.15) is 17.3 Å². The Hall–Kier alpha value is -1.50. The molecule has 2 heterocycles. The summed E-state index contributed by atoms with van der Waals surface area (Å²) in [6.07, 6.45) is 1.93. The fourth-order valence-corrected chi connectivity index (χ4v) is 3.84. The average molecular weight is 380 g/mol. The number of halogens is 1. The fraction of sp³-hybridized carbons (Fsp3) is 0.444. The number of pyridine rings is 1. The van der Waals surface area contributed by atoms with Gasteiger partial charge in [-0.25, -0.2) is 9.78 Å². The maximum Gasteiger partial charge on any atom is 0.343 e. The van der Waals surface area contributed by atoms with Crippen LogP contribution in [0, 0.1) is 0 Å². The molecular formula is C18H22ClN3O2S. The lowest BCUT2D eigenvalue weighted by atomic mass is 10.1. The first kappa shape index (κ1) is 18.3. The Morgan fingerprint density at radius 3 is 2.68 bits per heavy atom. The molecule has 5 nitrogen and oxygen atoms in total. The molecule has 134 valence electrons. The van der Waals surface area contributed by atoms with E-state index in [4.69, 9.17) is 16.3 Å². The second kappa shape index (κ2) is 7.81. The number of thioether (sulfide) groups is 1. The molecule has 1 aromatic carbocycles. The zero-order valence-electron chi connectivity index (χ0n) is 14.7. The molecular weight excluding hydrogens is 358 g/mol. The Morgan fingerprint density at radius 2 is 2.04 bits per heavy atom. The summed E-state index contributed by atoms with van der Waals surface area (Å²) in [5.74, 6) is -0.324. The van der Waals surface area contributed by atoms with E-state index in [1.807, 2.05) is 31.4 Å². The number of ether oxygens (including phenoxy) is 1. The molecule has 0 atom stereocenters. The summed E-state index contributed by atoms with van der Waals surface area (Å²) in [6.45, 7) is 5.74. The number of carbonyl (C=O) groups excluding carboxylic acids is 1. The Labute approximate surface area is 157 Å². The second-order valence-electron chi connectivity index (χ2n) is 6.02. The van der Waals surface area contributed by atoms with E-state index < -0.39 is 0 Å². The smallest absolute Gasteiger partial charge is 0.343 e. The number of hydrogen-bond acceptors (Lipinski definition) is 6. The van der Waals surface area contributed by atoms with Crippen LogP contribution in [0.3, 0.4) is 0 Å². The SMILES string of the molecule is CCOC(=O)c1c(SC)nc2ccc(Cl)cc2c1N1CCN(C)CC1. The van der Waals surface area contributed by atoms with Gasteiger partial charge in [-0.1, -0.05) is 11.6 Å². The molecule has 1 fully saturated rings. The largest absolute Gasteiger partial charge is 0.462 e. The number of nitrogens with zero attached hydrogens (tertiary/aromatic N) is 3. The van der Waals surface area contributed by atoms with Gasteiger partial charge in [0.2, 0.25) is 0 Å². The summed E-state index contributed by atoms with van der Waals surface area (Å²) < 4.78 is 5.34. The highest BCUT2D eigenvalue weighted by Gasteiger charge is 2.27. The highest BCUT2D eigenvalue weighted by molar-refractivity contribution is 7.98. The van der Waals surface area contributed by atoms with E-state index >= 15 is 0 Å². The summed E-state index contributed by atoms with van der Waals surface area (Å²) in [7, 11) is 2.11. The molecule has 1 aromatic heterocycles. The third-order valence-electron chi connectivity index (χ3n) is 4.38. The number of aromatic nitrogens is 1. The van der Waals surface area contributed by atoms with Crippen LogP contribution >= 0.6 is 23.4 Å². The number of benzene rings is 1. The number of fused-ring (bicyclic) bond motifs is 1. The number of carbonyl (C=O) groups is 1. The quantitative estimate of drug-likeness (QED) is 0.598. The molecule has 0 bridgehead atoms. The van der Waals surface area contributed by atoms with Crippen LogP contribution in [0.5, 0.6) is 0 Å². The number of esters is 1. The van der Waals surface area contributed by atoms with Crippen molar-refractivity contribution < 1.29 is 9.53 Å². The summed E-state index contributed by atoms with van der Waals surface area (Å²) in [4.78, 5) is 22.0. The number of likely N-dealkylation sites (N-methyl/N-ethyl adjacent to an activating group) is 1. The van der Waals surface area contributed by atoms with Crippen molar-refractivity contribution in [3.63, 3.8) is 0 Å². The minimum Gasteiger partial charge on any atom is -0.462 e. The van der Waals surface area contributed by atoms with Gasteiger partial charge in [0.15, 0.2) is 0 Å². The topological polar surface area (TPSA) is 45.7 Å². The maximum absolute atomic E-state index is 12.7. The summed E-state index contributed by atoms with van der Waals surface area (Å²) in [6, 6.07) is 5.63. The van der Waals surface area contributed by atoms with Crippen molar-refractivity contribution in [3.05, 3.63) is 28.8 Å².